The molecule has 27 heavy (non-hydrogen) atoms. The van der Waals surface area contributed by atoms with E-state index in [0.717, 1.165) is 18.6 Å². The fourth-order valence-corrected chi connectivity index (χ4v) is 3.52. The maximum Gasteiger partial charge on any atom is 0.271 e. The first-order chi connectivity index (χ1) is 13.0. The number of carbonyl (C=O) groups is 1. The normalized spacial score (nSPS) is 22.2. The molecule has 1 N–H and O–H groups in total. The van der Waals surface area contributed by atoms with Crippen LogP contribution in [0.25, 0.3) is 0 Å². The number of carbonyl (C=O) groups excluding carboxylic acids is 1. The molecule has 6 heteroatoms. The van der Waals surface area contributed by atoms with Crippen molar-refractivity contribution in [1.82, 2.24) is 15.1 Å². The minimum Gasteiger partial charge on any atom is -0.492 e. The van der Waals surface area contributed by atoms with E-state index in [9.17, 15) is 9.59 Å². The van der Waals surface area contributed by atoms with E-state index >= 15 is 0 Å². The molecule has 1 aromatic carbocycles. The van der Waals surface area contributed by atoms with Crippen LogP contribution in [0.1, 0.15) is 43.6 Å². The Kier molecular flexibility index (Phi) is 6.27. The largest absolute Gasteiger partial charge is 0.492 e. The molecule has 1 fully saturated rings. The van der Waals surface area contributed by atoms with Crippen molar-refractivity contribution < 1.29 is 9.53 Å². The molecule has 1 saturated carbocycles. The Morgan fingerprint density at radius 2 is 1.96 bits per heavy atom. The summed E-state index contributed by atoms with van der Waals surface area (Å²) in [5.74, 6) is 1.55. The molecule has 2 aromatic rings. The molecule has 0 aliphatic heterocycles. The molecule has 1 amide bonds. The second-order valence-electron chi connectivity index (χ2n) is 7.29. The van der Waals surface area contributed by atoms with E-state index in [4.69, 9.17) is 4.74 Å². The van der Waals surface area contributed by atoms with Gasteiger partial charge in [-0.15, -0.1) is 0 Å². The molecule has 0 saturated heterocycles. The number of para-hydroxylation sites is 1. The molecule has 3 atom stereocenters. The maximum atomic E-state index is 12.6. The summed E-state index contributed by atoms with van der Waals surface area (Å²) in [6.07, 6.45) is 3.32. The van der Waals surface area contributed by atoms with E-state index < -0.39 is 0 Å². The van der Waals surface area contributed by atoms with Gasteiger partial charge in [0.15, 0.2) is 0 Å². The minimum atomic E-state index is -0.247. The van der Waals surface area contributed by atoms with E-state index in [0.29, 0.717) is 18.4 Å². The Balaban J connectivity index is 1.62. The second kappa shape index (κ2) is 8.84. The standard InChI is InChI=1S/C21H27N3O3/c1-15-7-6-10-18(16(15)2)22-21(26)19-11-12-20(25)24(23-19)13-14-27-17-8-4-3-5-9-17/h3-5,8-9,11-12,15-16,18H,6-7,10,13-14H2,1-2H3,(H,22,26). The first-order valence-electron chi connectivity index (χ1n) is 9.61. The van der Waals surface area contributed by atoms with Crippen molar-refractivity contribution in [3.05, 3.63) is 58.5 Å². The maximum absolute atomic E-state index is 12.6. The van der Waals surface area contributed by atoms with Crippen LogP contribution in [-0.4, -0.2) is 28.3 Å². The zero-order valence-corrected chi connectivity index (χ0v) is 15.9. The van der Waals surface area contributed by atoms with Crippen LogP contribution in [0.2, 0.25) is 0 Å². The van der Waals surface area contributed by atoms with Crippen molar-refractivity contribution in [1.29, 1.82) is 0 Å². The zero-order chi connectivity index (χ0) is 19.2. The molecule has 6 nitrogen and oxygen atoms in total. The molecule has 3 rings (SSSR count). The van der Waals surface area contributed by atoms with Gasteiger partial charge in [0, 0.05) is 12.1 Å². The number of aromatic nitrogens is 2. The molecular formula is C21H27N3O3. The Bertz CT molecular complexity index is 819. The molecular weight excluding hydrogens is 342 g/mol. The third-order valence-electron chi connectivity index (χ3n) is 5.44. The third-order valence-corrected chi connectivity index (χ3v) is 5.44. The lowest BCUT2D eigenvalue weighted by Gasteiger charge is -2.34. The van der Waals surface area contributed by atoms with Gasteiger partial charge in [-0.25, -0.2) is 4.68 Å². The van der Waals surface area contributed by atoms with Crippen molar-refractivity contribution in [2.75, 3.05) is 6.61 Å². The van der Waals surface area contributed by atoms with E-state index in [1.54, 1.807) is 0 Å². The lowest BCUT2D eigenvalue weighted by atomic mass is 9.78. The highest BCUT2D eigenvalue weighted by Crippen LogP contribution is 2.29. The highest BCUT2D eigenvalue weighted by atomic mass is 16.5. The zero-order valence-electron chi connectivity index (χ0n) is 15.9. The lowest BCUT2D eigenvalue weighted by molar-refractivity contribution is 0.0883. The van der Waals surface area contributed by atoms with Crippen LogP contribution < -0.4 is 15.6 Å². The third kappa shape index (κ3) is 4.96. The van der Waals surface area contributed by atoms with Crippen molar-refractivity contribution in [3.63, 3.8) is 0 Å². The van der Waals surface area contributed by atoms with Gasteiger partial charge in [0.1, 0.15) is 18.1 Å². The van der Waals surface area contributed by atoms with Crippen molar-refractivity contribution >= 4 is 5.91 Å². The summed E-state index contributed by atoms with van der Waals surface area (Å²) in [6, 6.07) is 12.4. The van der Waals surface area contributed by atoms with Crippen LogP contribution >= 0.6 is 0 Å². The summed E-state index contributed by atoms with van der Waals surface area (Å²) in [7, 11) is 0. The van der Waals surface area contributed by atoms with Gasteiger partial charge in [-0.05, 0) is 36.5 Å². The first kappa shape index (κ1) is 19.1. The number of rotatable bonds is 6. The smallest absolute Gasteiger partial charge is 0.271 e. The predicted molar refractivity (Wildman–Crippen MR) is 104 cm³/mol. The van der Waals surface area contributed by atoms with Gasteiger partial charge in [-0.3, -0.25) is 9.59 Å². The number of hydrogen-bond acceptors (Lipinski definition) is 4. The van der Waals surface area contributed by atoms with Gasteiger partial charge >= 0.3 is 0 Å². The van der Waals surface area contributed by atoms with Crippen molar-refractivity contribution in [2.45, 2.75) is 45.7 Å². The number of amides is 1. The van der Waals surface area contributed by atoms with Gasteiger partial charge in [0.2, 0.25) is 0 Å². The summed E-state index contributed by atoms with van der Waals surface area (Å²) in [6.45, 7) is 5.00. The van der Waals surface area contributed by atoms with Gasteiger partial charge in [-0.1, -0.05) is 44.9 Å². The van der Waals surface area contributed by atoms with Crippen molar-refractivity contribution in [3.8, 4) is 5.75 Å². The van der Waals surface area contributed by atoms with Gasteiger partial charge in [-0.2, -0.15) is 5.10 Å². The average Bonchev–Trinajstić information content (AvgIpc) is 2.67. The topological polar surface area (TPSA) is 73.2 Å². The van der Waals surface area contributed by atoms with Gasteiger partial charge in [0.25, 0.3) is 11.5 Å². The van der Waals surface area contributed by atoms with Gasteiger partial charge in [0.05, 0.1) is 6.54 Å². The molecule has 1 aliphatic rings. The van der Waals surface area contributed by atoms with Crippen molar-refractivity contribution in [2.24, 2.45) is 11.8 Å². The van der Waals surface area contributed by atoms with Crippen LogP contribution in [0, 0.1) is 11.8 Å². The first-order valence-corrected chi connectivity index (χ1v) is 9.61. The Morgan fingerprint density at radius 1 is 1.19 bits per heavy atom. The predicted octanol–water partition coefficient (Wildman–Crippen LogP) is 2.88. The number of nitrogens with one attached hydrogen (secondary N) is 1. The molecule has 0 spiro atoms. The molecule has 1 aliphatic carbocycles. The summed E-state index contributed by atoms with van der Waals surface area (Å²) < 4.78 is 6.89. The fraction of sp³-hybridized carbons (Fsp3) is 0.476. The molecule has 0 radical (unpaired) electrons. The summed E-state index contributed by atoms with van der Waals surface area (Å²) in [4.78, 5) is 24.6. The monoisotopic (exact) mass is 369 g/mol. The van der Waals surface area contributed by atoms with E-state index in [2.05, 4.69) is 24.3 Å². The number of hydrogen-bond donors (Lipinski definition) is 1. The Hall–Kier alpha value is -2.63. The highest BCUT2D eigenvalue weighted by molar-refractivity contribution is 5.92. The van der Waals surface area contributed by atoms with E-state index in [-0.39, 0.29) is 29.7 Å². The van der Waals surface area contributed by atoms with Crippen LogP contribution in [0.3, 0.4) is 0 Å². The van der Waals surface area contributed by atoms with Crippen LogP contribution in [0.15, 0.2) is 47.3 Å². The fourth-order valence-electron chi connectivity index (χ4n) is 3.52. The SMILES string of the molecule is CC1CCCC(NC(=O)c2ccc(=O)n(CCOc3ccccc3)n2)C1C. The van der Waals surface area contributed by atoms with Gasteiger partial charge < -0.3 is 10.1 Å². The van der Waals surface area contributed by atoms with Crippen LogP contribution in [0.5, 0.6) is 5.75 Å². The molecule has 144 valence electrons. The van der Waals surface area contributed by atoms with E-state index in [1.807, 2.05) is 30.3 Å². The molecule has 1 aromatic heterocycles. The number of benzene rings is 1. The minimum absolute atomic E-state index is 0.157. The summed E-state index contributed by atoms with van der Waals surface area (Å²) >= 11 is 0. The Labute approximate surface area is 159 Å². The number of ether oxygens (including phenoxy) is 1. The Morgan fingerprint density at radius 3 is 2.74 bits per heavy atom. The quantitative estimate of drug-likeness (QED) is 0.850. The molecule has 0 bridgehead atoms. The molecule has 1 heterocycles. The summed E-state index contributed by atoms with van der Waals surface area (Å²) in [5.41, 5.74) is 0.0163. The summed E-state index contributed by atoms with van der Waals surface area (Å²) in [5, 5.41) is 7.32. The second-order valence-corrected chi connectivity index (χ2v) is 7.29. The van der Waals surface area contributed by atoms with Crippen LogP contribution in [-0.2, 0) is 6.54 Å². The molecule has 3 unspecified atom stereocenters. The van der Waals surface area contributed by atoms with Crippen LogP contribution in [0.4, 0.5) is 0 Å². The average molecular weight is 369 g/mol. The highest BCUT2D eigenvalue weighted by Gasteiger charge is 2.28. The van der Waals surface area contributed by atoms with E-state index in [1.165, 1.54) is 23.2 Å². The lowest BCUT2D eigenvalue weighted by Crippen LogP contribution is -2.44. The number of nitrogens with zero attached hydrogens (tertiary/aromatic N) is 2.